The highest BCUT2D eigenvalue weighted by Crippen LogP contribution is 2.11. The molecule has 0 rings (SSSR count). The van der Waals surface area contributed by atoms with Crippen LogP contribution >= 0.6 is 23.2 Å². The molecule has 0 aliphatic rings. The third-order valence-electron chi connectivity index (χ3n) is 0.911. The van der Waals surface area contributed by atoms with Crippen molar-refractivity contribution in [1.82, 2.24) is 0 Å². The van der Waals surface area contributed by atoms with E-state index in [1.165, 1.54) is 0 Å². The van der Waals surface area contributed by atoms with Crippen molar-refractivity contribution in [2.24, 2.45) is 5.92 Å². The number of carbonyl (C=O) groups excluding carboxylic acids is 1. The highest BCUT2D eigenvalue weighted by Gasteiger charge is 2.01. The van der Waals surface area contributed by atoms with Crippen molar-refractivity contribution in [3.8, 4) is 0 Å². The molecule has 1 atom stereocenters. The smallest absolute Gasteiger partial charge is 0.128 e. The van der Waals surface area contributed by atoms with Crippen molar-refractivity contribution in [3.63, 3.8) is 0 Å². The summed E-state index contributed by atoms with van der Waals surface area (Å²) in [5.74, 6) is 0.141. The summed E-state index contributed by atoms with van der Waals surface area (Å²) < 4.78 is 0. The van der Waals surface area contributed by atoms with Gasteiger partial charge in [0.15, 0.2) is 0 Å². The Bertz CT molecular complexity index is 120. The van der Waals surface area contributed by atoms with Crippen molar-refractivity contribution in [2.45, 2.75) is 6.92 Å². The van der Waals surface area contributed by atoms with Crippen molar-refractivity contribution < 1.29 is 4.79 Å². The first-order chi connectivity index (χ1) is 4.22. The van der Waals surface area contributed by atoms with E-state index in [1.807, 2.05) is 0 Å². The maximum Gasteiger partial charge on any atom is 0.128 e. The summed E-state index contributed by atoms with van der Waals surface area (Å²) in [6, 6.07) is 0. The van der Waals surface area contributed by atoms with Gasteiger partial charge in [-0.05, 0) is 0 Å². The number of halogens is 2. The molecule has 9 heavy (non-hydrogen) atoms. The van der Waals surface area contributed by atoms with E-state index in [0.717, 1.165) is 6.29 Å². The first kappa shape index (κ1) is 8.99. The molecule has 0 aromatic carbocycles. The Kier molecular flexibility index (Phi) is 4.83. The van der Waals surface area contributed by atoms with Crippen LogP contribution in [0.15, 0.2) is 11.1 Å². The van der Waals surface area contributed by atoms with Crippen molar-refractivity contribution in [1.29, 1.82) is 0 Å². The van der Waals surface area contributed by atoms with E-state index >= 15 is 0 Å². The molecule has 0 aromatic rings. The lowest BCUT2D eigenvalue weighted by atomic mass is 10.2. The lowest BCUT2D eigenvalue weighted by Gasteiger charge is -1.97. The van der Waals surface area contributed by atoms with Crippen LogP contribution in [0.2, 0.25) is 0 Å². The van der Waals surface area contributed by atoms with Crippen LogP contribution in [0.3, 0.4) is 0 Å². The molecule has 3 heteroatoms. The number of hydrogen-bond donors (Lipinski definition) is 0. The first-order valence-corrected chi connectivity index (χ1v) is 3.50. The summed E-state index contributed by atoms with van der Waals surface area (Å²) in [5, 5.41) is 0.514. The summed E-state index contributed by atoms with van der Waals surface area (Å²) >= 11 is 10.9. The van der Waals surface area contributed by atoms with Gasteiger partial charge >= 0.3 is 0 Å². The minimum absolute atomic E-state index is 0.217. The topological polar surface area (TPSA) is 17.1 Å². The quantitative estimate of drug-likeness (QED) is 0.465. The predicted molar refractivity (Wildman–Crippen MR) is 39.9 cm³/mol. The van der Waals surface area contributed by atoms with Crippen LogP contribution in [-0.2, 0) is 4.79 Å². The predicted octanol–water partition coefficient (Wildman–Crippen LogP) is 2.18. The van der Waals surface area contributed by atoms with Gasteiger partial charge < -0.3 is 4.79 Å². The third-order valence-corrected chi connectivity index (χ3v) is 1.56. The average molecular weight is 167 g/mol. The molecule has 1 unspecified atom stereocenters. The Morgan fingerprint density at radius 3 is 2.67 bits per heavy atom. The van der Waals surface area contributed by atoms with Crippen LogP contribution in [0.4, 0.5) is 0 Å². The maximum atomic E-state index is 10.1. The van der Waals surface area contributed by atoms with Crippen LogP contribution in [0, 0.1) is 5.92 Å². The molecule has 0 fully saturated rings. The van der Waals surface area contributed by atoms with Gasteiger partial charge in [-0.15, -0.1) is 11.6 Å². The fraction of sp³-hybridized carbons (Fsp3) is 0.500. The maximum absolute atomic E-state index is 10.1. The molecule has 0 bridgehead atoms. The molecule has 0 heterocycles. The van der Waals surface area contributed by atoms with Crippen LogP contribution in [0.5, 0.6) is 0 Å². The Morgan fingerprint density at radius 2 is 2.33 bits per heavy atom. The van der Waals surface area contributed by atoms with Gasteiger partial charge in [-0.2, -0.15) is 0 Å². The minimum Gasteiger partial charge on any atom is -0.303 e. The third kappa shape index (κ3) is 3.55. The molecule has 0 saturated carbocycles. The van der Waals surface area contributed by atoms with Gasteiger partial charge in [-0.3, -0.25) is 0 Å². The molecule has 0 spiro atoms. The molecule has 0 aliphatic heterocycles. The largest absolute Gasteiger partial charge is 0.303 e. The fourth-order valence-corrected chi connectivity index (χ4v) is 0.698. The number of carbonyl (C=O) groups is 1. The zero-order valence-electron chi connectivity index (χ0n) is 5.10. The standard InChI is InChI=1S/C6H8Cl2O/c1-5(4-9)6(8)2-3-7/h2,4-5H,3H2,1H3/b6-2-. The zero-order chi connectivity index (χ0) is 7.28. The average Bonchev–Trinajstić information content (AvgIpc) is 1.87. The van der Waals surface area contributed by atoms with Crippen LogP contribution < -0.4 is 0 Å². The lowest BCUT2D eigenvalue weighted by Crippen LogP contribution is -1.94. The van der Waals surface area contributed by atoms with Crippen molar-refractivity contribution >= 4 is 29.5 Å². The van der Waals surface area contributed by atoms with Gasteiger partial charge in [0.05, 0.1) is 0 Å². The van der Waals surface area contributed by atoms with E-state index in [2.05, 4.69) is 0 Å². The highest BCUT2D eigenvalue weighted by molar-refractivity contribution is 6.31. The van der Waals surface area contributed by atoms with E-state index in [-0.39, 0.29) is 5.92 Å². The Labute approximate surface area is 64.6 Å². The van der Waals surface area contributed by atoms with Gasteiger partial charge in [-0.25, -0.2) is 0 Å². The number of rotatable bonds is 3. The van der Waals surface area contributed by atoms with Crippen molar-refractivity contribution in [3.05, 3.63) is 11.1 Å². The zero-order valence-corrected chi connectivity index (χ0v) is 6.62. The van der Waals surface area contributed by atoms with E-state index in [9.17, 15) is 4.79 Å². The lowest BCUT2D eigenvalue weighted by molar-refractivity contribution is -0.109. The normalized spacial score (nSPS) is 15.2. The van der Waals surface area contributed by atoms with Gasteiger partial charge in [0.2, 0.25) is 0 Å². The number of alkyl halides is 1. The number of aldehydes is 1. The van der Waals surface area contributed by atoms with Gasteiger partial charge in [0.25, 0.3) is 0 Å². The fourth-order valence-electron chi connectivity index (χ4n) is 0.325. The summed E-state index contributed by atoms with van der Waals surface area (Å²) in [6.45, 7) is 1.72. The minimum atomic E-state index is -0.217. The Balaban J connectivity index is 3.84. The Morgan fingerprint density at radius 1 is 1.78 bits per heavy atom. The van der Waals surface area contributed by atoms with E-state index in [4.69, 9.17) is 23.2 Å². The molecule has 0 N–H and O–H groups in total. The molecule has 0 amide bonds. The van der Waals surface area contributed by atoms with Crippen LogP contribution in [0.25, 0.3) is 0 Å². The van der Waals surface area contributed by atoms with Crippen molar-refractivity contribution in [2.75, 3.05) is 5.88 Å². The number of hydrogen-bond acceptors (Lipinski definition) is 1. The van der Waals surface area contributed by atoms with Crippen LogP contribution in [0.1, 0.15) is 6.92 Å². The van der Waals surface area contributed by atoms with E-state index < -0.39 is 0 Å². The second-order valence-electron chi connectivity index (χ2n) is 1.67. The van der Waals surface area contributed by atoms with Gasteiger partial charge in [0.1, 0.15) is 6.29 Å². The second-order valence-corrected chi connectivity index (χ2v) is 2.41. The van der Waals surface area contributed by atoms with Gasteiger partial charge in [-0.1, -0.05) is 24.6 Å². The second kappa shape index (κ2) is 4.83. The molecule has 0 aromatic heterocycles. The van der Waals surface area contributed by atoms with E-state index in [1.54, 1.807) is 13.0 Å². The summed E-state index contributed by atoms with van der Waals surface area (Å²) in [4.78, 5) is 10.1. The summed E-state index contributed by atoms with van der Waals surface area (Å²) in [5.41, 5.74) is 0. The molecule has 0 saturated heterocycles. The summed E-state index contributed by atoms with van der Waals surface area (Å²) in [6.07, 6.45) is 2.40. The SMILES string of the molecule is CC(C=O)/C(Cl)=C/CCl. The molecular weight excluding hydrogens is 159 g/mol. The first-order valence-electron chi connectivity index (χ1n) is 2.59. The molecule has 0 radical (unpaired) electrons. The Hall–Kier alpha value is -0.0100. The highest BCUT2D eigenvalue weighted by atomic mass is 35.5. The monoisotopic (exact) mass is 166 g/mol. The van der Waals surface area contributed by atoms with Gasteiger partial charge in [0, 0.05) is 16.8 Å². The molecule has 1 nitrogen and oxygen atoms in total. The van der Waals surface area contributed by atoms with E-state index in [0.29, 0.717) is 10.9 Å². The summed E-state index contributed by atoms with van der Waals surface area (Å²) in [7, 11) is 0. The molecule has 0 aliphatic carbocycles. The molecular formula is C6H8Cl2O. The number of allylic oxidation sites excluding steroid dienone is 2. The molecule has 52 valence electrons. The van der Waals surface area contributed by atoms with Crippen LogP contribution in [-0.4, -0.2) is 12.2 Å².